The molecule has 0 aromatic carbocycles. The number of imide groups is 1. The second-order valence-electron chi connectivity index (χ2n) is 5.51. The Morgan fingerprint density at radius 2 is 2.16 bits per heavy atom. The molecule has 1 unspecified atom stereocenters. The van der Waals surface area contributed by atoms with E-state index in [1.54, 1.807) is 20.8 Å². The lowest BCUT2D eigenvalue weighted by Crippen LogP contribution is -2.61. The van der Waals surface area contributed by atoms with Crippen LogP contribution in [0, 0.1) is 5.41 Å². The summed E-state index contributed by atoms with van der Waals surface area (Å²) >= 11 is 0. The number of esters is 1. The van der Waals surface area contributed by atoms with Crippen LogP contribution >= 0.6 is 0 Å². The second kappa shape index (κ2) is 4.16. The minimum atomic E-state index is -2.54. The number of hydrogen-bond acceptors (Lipinski definition) is 5. The third-order valence-corrected chi connectivity index (χ3v) is 2.79. The van der Waals surface area contributed by atoms with Gasteiger partial charge in [0.15, 0.2) is 0 Å². The van der Waals surface area contributed by atoms with Crippen molar-refractivity contribution >= 4 is 17.9 Å². The van der Waals surface area contributed by atoms with Gasteiger partial charge in [-0.15, -0.1) is 0 Å². The largest absolute Gasteiger partial charge is 0.438 e. The van der Waals surface area contributed by atoms with Gasteiger partial charge in [-0.2, -0.15) is 4.39 Å². The van der Waals surface area contributed by atoms with Gasteiger partial charge in [0.2, 0.25) is 12.1 Å². The van der Waals surface area contributed by atoms with Crippen LogP contribution in [0.3, 0.4) is 0 Å². The highest BCUT2D eigenvalue weighted by atomic mass is 19.2. The maximum Gasteiger partial charge on any atom is 0.331 e. The average molecular weight is 274 g/mol. The van der Waals surface area contributed by atoms with E-state index in [9.17, 15) is 18.8 Å². The van der Waals surface area contributed by atoms with Crippen molar-refractivity contribution in [3.05, 3.63) is 0 Å². The zero-order valence-corrected chi connectivity index (χ0v) is 10.9. The first-order valence-corrected chi connectivity index (χ1v) is 5.80. The molecule has 0 aliphatic carbocycles. The Bertz CT molecular complexity index is 447. The minimum absolute atomic E-state index is 0.307. The summed E-state index contributed by atoms with van der Waals surface area (Å²) in [5.74, 6) is -3.90. The molecule has 2 heterocycles. The summed E-state index contributed by atoms with van der Waals surface area (Å²) in [6.45, 7) is 4.59. The van der Waals surface area contributed by atoms with Crippen LogP contribution in [-0.4, -0.2) is 41.6 Å². The van der Waals surface area contributed by atoms with Crippen molar-refractivity contribution in [3.63, 3.8) is 0 Å². The SMILES string of the molecule is CC(C)(C)C(=O)O[C@H]1COC2(F)CC(=O)NC(=O)N12. The first kappa shape index (κ1) is 13.7. The molecular weight excluding hydrogens is 259 g/mol. The van der Waals surface area contributed by atoms with Gasteiger partial charge in [-0.05, 0) is 20.8 Å². The van der Waals surface area contributed by atoms with Gasteiger partial charge in [-0.3, -0.25) is 14.9 Å². The van der Waals surface area contributed by atoms with Crippen molar-refractivity contribution in [1.29, 1.82) is 0 Å². The molecule has 1 N–H and O–H groups in total. The van der Waals surface area contributed by atoms with E-state index < -0.39 is 42.0 Å². The van der Waals surface area contributed by atoms with Crippen LogP contribution in [0.4, 0.5) is 9.18 Å². The van der Waals surface area contributed by atoms with E-state index in [-0.39, 0.29) is 6.61 Å². The highest BCUT2D eigenvalue weighted by Gasteiger charge is 2.57. The number of alkyl halides is 1. The van der Waals surface area contributed by atoms with E-state index in [0.717, 1.165) is 0 Å². The summed E-state index contributed by atoms with van der Waals surface area (Å²) in [6, 6.07) is -0.969. The zero-order valence-electron chi connectivity index (χ0n) is 10.9. The predicted molar refractivity (Wildman–Crippen MR) is 59.1 cm³/mol. The number of hydrogen-bond donors (Lipinski definition) is 1. The van der Waals surface area contributed by atoms with Crippen LogP contribution in [0.5, 0.6) is 0 Å². The highest BCUT2D eigenvalue weighted by molar-refractivity contribution is 5.97. The molecule has 0 bridgehead atoms. The summed E-state index contributed by atoms with van der Waals surface area (Å²) in [5.41, 5.74) is -0.788. The third-order valence-electron chi connectivity index (χ3n) is 2.79. The summed E-state index contributed by atoms with van der Waals surface area (Å²) in [7, 11) is 0. The minimum Gasteiger partial charge on any atom is -0.438 e. The molecule has 7 nitrogen and oxygen atoms in total. The van der Waals surface area contributed by atoms with E-state index in [4.69, 9.17) is 9.47 Å². The normalized spacial score (nSPS) is 30.9. The average Bonchev–Trinajstić information content (AvgIpc) is 2.53. The number of ether oxygens (including phenoxy) is 2. The third kappa shape index (κ3) is 2.40. The van der Waals surface area contributed by atoms with Crippen molar-refractivity contribution in [3.8, 4) is 0 Å². The maximum atomic E-state index is 14.3. The number of fused-ring (bicyclic) bond motifs is 1. The fourth-order valence-electron chi connectivity index (χ4n) is 1.79. The Kier molecular flexibility index (Phi) is 3.00. The maximum absolute atomic E-state index is 14.3. The molecule has 0 saturated carbocycles. The van der Waals surface area contributed by atoms with Crippen molar-refractivity contribution in [1.82, 2.24) is 10.2 Å². The number of urea groups is 1. The van der Waals surface area contributed by atoms with Crippen LogP contribution in [0.1, 0.15) is 27.2 Å². The van der Waals surface area contributed by atoms with Gasteiger partial charge in [-0.1, -0.05) is 0 Å². The molecule has 0 aromatic rings. The lowest BCUT2D eigenvalue weighted by molar-refractivity contribution is -0.196. The number of carbonyl (C=O) groups excluding carboxylic acids is 3. The monoisotopic (exact) mass is 274 g/mol. The van der Waals surface area contributed by atoms with Crippen molar-refractivity contribution in [2.24, 2.45) is 5.41 Å². The van der Waals surface area contributed by atoms with Crippen LogP contribution < -0.4 is 5.32 Å². The molecule has 2 aliphatic heterocycles. The Morgan fingerprint density at radius 1 is 1.53 bits per heavy atom. The van der Waals surface area contributed by atoms with Gasteiger partial charge < -0.3 is 9.47 Å². The number of nitrogens with zero attached hydrogens (tertiary/aromatic N) is 1. The standard InChI is InChI=1S/C11H15FN2O5/c1-10(2,3)8(16)19-7-5-18-11(12)4-6(15)13-9(17)14(7)11/h7H,4-5H2,1-3H3,(H,13,15,17)/t7-,11?/m0/s1. The fraction of sp³-hybridized carbons (Fsp3) is 0.727. The summed E-state index contributed by atoms with van der Waals surface area (Å²) in [6.07, 6.45) is -1.81. The molecular formula is C11H15FN2O5. The predicted octanol–water partition coefficient (Wildman–Crippen LogP) is 0.497. The van der Waals surface area contributed by atoms with Crippen molar-refractivity contribution in [2.75, 3.05) is 6.61 Å². The van der Waals surface area contributed by atoms with Crippen LogP contribution in [0.15, 0.2) is 0 Å². The van der Waals surface area contributed by atoms with E-state index in [0.29, 0.717) is 4.90 Å². The lowest BCUT2D eigenvalue weighted by Gasteiger charge is -2.35. The summed E-state index contributed by atoms with van der Waals surface area (Å²) in [4.78, 5) is 35.1. The first-order valence-electron chi connectivity index (χ1n) is 5.80. The van der Waals surface area contributed by atoms with Gasteiger partial charge in [0.1, 0.15) is 13.0 Å². The molecule has 106 valence electrons. The highest BCUT2D eigenvalue weighted by Crippen LogP contribution is 2.36. The molecule has 8 heteroatoms. The smallest absolute Gasteiger partial charge is 0.331 e. The molecule has 0 aromatic heterocycles. The number of nitrogens with one attached hydrogen (secondary N) is 1. The summed E-state index contributed by atoms with van der Waals surface area (Å²) < 4.78 is 24.2. The molecule has 0 spiro atoms. The van der Waals surface area contributed by atoms with E-state index in [1.165, 1.54) is 0 Å². The van der Waals surface area contributed by atoms with E-state index in [1.807, 2.05) is 5.32 Å². The van der Waals surface area contributed by atoms with Crippen molar-refractivity contribution < 1.29 is 28.2 Å². The number of amides is 3. The fourth-order valence-corrected chi connectivity index (χ4v) is 1.79. The molecule has 3 amide bonds. The van der Waals surface area contributed by atoms with Gasteiger partial charge >= 0.3 is 18.0 Å². The lowest BCUT2D eigenvalue weighted by atomic mass is 9.97. The summed E-state index contributed by atoms with van der Waals surface area (Å²) in [5, 5.41) is 1.95. The van der Waals surface area contributed by atoms with Crippen LogP contribution in [0.25, 0.3) is 0 Å². The quantitative estimate of drug-likeness (QED) is 0.556. The molecule has 0 radical (unpaired) electrons. The van der Waals surface area contributed by atoms with Crippen LogP contribution in [0.2, 0.25) is 0 Å². The number of carbonyl (C=O) groups is 3. The molecule has 2 aliphatic rings. The molecule has 2 fully saturated rings. The van der Waals surface area contributed by atoms with Gasteiger partial charge in [0, 0.05) is 0 Å². The Balaban J connectivity index is 2.16. The van der Waals surface area contributed by atoms with E-state index in [2.05, 4.69) is 0 Å². The number of halogens is 1. The molecule has 19 heavy (non-hydrogen) atoms. The Labute approximate surface area is 109 Å². The Hall–Kier alpha value is -1.70. The molecule has 2 saturated heterocycles. The molecule has 2 rings (SSSR count). The van der Waals surface area contributed by atoms with Crippen molar-refractivity contribution in [2.45, 2.75) is 39.4 Å². The first-order chi connectivity index (χ1) is 8.63. The topological polar surface area (TPSA) is 84.9 Å². The van der Waals surface area contributed by atoms with Crippen LogP contribution in [-0.2, 0) is 19.1 Å². The van der Waals surface area contributed by atoms with E-state index >= 15 is 0 Å². The number of rotatable bonds is 1. The zero-order chi connectivity index (χ0) is 14.4. The second-order valence-corrected chi connectivity index (χ2v) is 5.51. The Morgan fingerprint density at radius 3 is 2.74 bits per heavy atom. The van der Waals surface area contributed by atoms with Gasteiger partial charge in [0.05, 0.1) is 5.41 Å². The van der Waals surface area contributed by atoms with Gasteiger partial charge in [-0.25, -0.2) is 9.69 Å². The molecule has 2 atom stereocenters. The van der Waals surface area contributed by atoms with Gasteiger partial charge in [0.25, 0.3) is 0 Å².